The lowest BCUT2D eigenvalue weighted by atomic mass is 10.2. The number of carbonyl (C=O) groups is 1. The number of nitrogens with zero attached hydrogens (tertiary/aromatic N) is 1. The first kappa shape index (κ1) is 12.5. The molecule has 2 N–H and O–H groups in total. The van der Waals surface area contributed by atoms with Gasteiger partial charge in [-0.3, -0.25) is 9.78 Å². The summed E-state index contributed by atoms with van der Waals surface area (Å²) in [6.07, 6.45) is 3.06. The molecule has 92 valence electrons. The molecule has 2 aromatic rings. The summed E-state index contributed by atoms with van der Waals surface area (Å²) in [5, 5.41) is 12.4. The van der Waals surface area contributed by atoms with E-state index >= 15 is 0 Å². The van der Waals surface area contributed by atoms with Crippen molar-refractivity contribution in [1.82, 2.24) is 4.98 Å². The first-order valence-electron chi connectivity index (χ1n) is 5.31. The topological polar surface area (TPSA) is 62.2 Å². The number of halogens is 1. The van der Waals surface area contributed by atoms with Gasteiger partial charge < -0.3 is 10.4 Å². The number of hydrogen-bond acceptors (Lipinski definition) is 3. The Bertz CT molecular complexity index is 555. The fraction of sp³-hybridized carbons (Fsp3) is 0.0769. The number of nitrogens with one attached hydrogen (secondary N) is 1. The first-order valence-corrected chi connectivity index (χ1v) is 5.69. The lowest BCUT2D eigenvalue weighted by Crippen LogP contribution is -2.13. The van der Waals surface area contributed by atoms with E-state index in [9.17, 15) is 4.79 Å². The van der Waals surface area contributed by atoms with E-state index in [1.54, 1.807) is 36.5 Å². The highest BCUT2D eigenvalue weighted by Gasteiger charge is 2.08. The summed E-state index contributed by atoms with van der Waals surface area (Å²) in [4.78, 5) is 15.8. The summed E-state index contributed by atoms with van der Waals surface area (Å²) >= 11 is 5.75. The average molecular weight is 263 g/mol. The molecule has 2 rings (SSSR count). The molecule has 18 heavy (non-hydrogen) atoms. The van der Waals surface area contributed by atoms with Crippen LogP contribution in [0.3, 0.4) is 0 Å². The van der Waals surface area contributed by atoms with Crippen molar-refractivity contribution in [1.29, 1.82) is 0 Å². The van der Waals surface area contributed by atoms with Crippen LogP contribution in [0, 0.1) is 0 Å². The Balaban J connectivity index is 2.18. The normalized spacial score (nSPS) is 10.1. The molecule has 1 amide bonds. The van der Waals surface area contributed by atoms with Gasteiger partial charge >= 0.3 is 0 Å². The molecular weight excluding hydrogens is 252 g/mol. The highest BCUT2D eigenvalue weighted by Crippen LogP contribution is 2.15. The smallest absolute Gasteiger partial charge is 0.255 e. The SMILES string of the molecule is O=C(Nc1cnccc1CO)c1ccc(Cl)cc1. The van der Waals surface area contributed by atoms with Crippen LogP contribution < -0.4 is 5.32 Å². The van der Waals surface area contributed by atoms with Gasteiger partial charge in [0.25, 0.3) is 5.91 Å². The predicted octanol–water partition coefficient (Wildman–Crippen LogP) is 2.48. The molecule has 0 saturated carbocycles. The van der Waals surface area contributed by atoms with E-state index in [1.165, 1.54) is 6.20 Å². The molecular formula is C13H11ClN2O2. The number of hydrogen-bond donors (Lipinski definition) is 2. The van der Waals surface area contributed by atoms with E-state index in [2.05, 4.69) is 10.3 Å². The molecule has 0 fully saturated rings. The Morgan fingerprint density at radius 2 is 2.00 bits per heavy atom. The van der Waals surface area contributed by atoms with Gasteiger partial charge in [-0.25, -0.2) is 0 Å². The standard InChI is InChI=1S/C13H11ClN2O2/c14-11-3-1-9(2-4-11)13(18)16-12-7-15-6-5-10(12)8-17/h1-7,17H,8H2,(H,16,18). The zero-order chi connectivity index (χ0) is 13.0. The van der Waals surface area contributed by atoms with Crippen molar-refractivity contribution in [2.75, 3.05) is 5.32 Å². The van der Waals surface area contributed by atoms with Crippen molar-refractivity contribution in [3.05, 3.63) is 58.9 Å². The van der Waals surface area contributed by atoms with E-state index in [0.29, 0.717) is 21.8 Å². The largest absolute Gasteiger partial charge is 0.392 e. The third kappa shape index (κ3) is 2.85. The van der Waals surface area contributed by atoms with Crippen molar-refractivity contribution in [2.45, 2.75) is 6.61 Å². The van der Waals surface area contributed by atoms with Gasteiger partial charge in [0, 0.05) is 22.3 Å². The Kier molecular flexibility index (Phi) is 3.92. The van der Waals surface area contributed by atoms with Crippen LogP contribution in [-0.2, 0) is 6.61 Å². The maximum Gasteiger partial charge on any atom is 0.255 e. The number of anilines is 1. The number of benzene rings is 1. The Labute approximate surface area is 109 Å². The van der Waals surface area contributed by atoms with Gasteiger partial charge in [-0.1, -0.05) is 11.6 Å². The molecule has 5 heteroatoms. The van der Waals surface area contributed by atoms with E-state index in [0.717, 1.165) is 0 Å². The highest BCUT2D eigenvalue weighted by atomic mass is 35.5. The summed E-state index contributed by atoms with van der Waals surface area (Å²) in [6, 6.07) is 8.20. The van der Waals surface area contributed by atoms with Gasteiger partial charge in [0.2, 0.25) is 0 Å². The zero-order valence-electron chi connectivity index (χ0n) is 9.43. The number of carbonyl (C=O) groups excluding carboxylic acids is 1. The summed E-state index contributed by atoms with van der Waals surface area (Å²) in [5.74, 6) is -0.269. The fourth-order valence-electron chi connectivity index (χ4n) is 1.47. The Morgan fingerprint density at radius 1 is 1.28 bits per heavy atom. The van der Waals surface area contributed by atoms with Gasteiger partial charge in [0.05, 0.1) is 18.5 Å². The maximum absolute atomic E-state index is 11.9. The van der Waals surface area contributed by atoms with Crippen LogP contribution in [0.15, 0.2) is 42.7 Å². The molecule has 0 spiro atoms. The van der Waals surface area contributed by atoms with E-state index in [-0.39, 0.29) is 12.5 Å². The molecule has 1 aromatic carbocycles. The Morgan fingerprint density at radius 3 is 2.67 bits per heavy atom. The molecule has 0 unspecified atom stereocenters. The second kappa shape index (κ2) is 5.62. The van der Waals surface area contributed by atoms with E-state index in [1.807, 2.05) is 0 Å². The third-order valence-electron chi connectivity index (χ3n) is 2.44. The van der Waals surface area contributed by atoms with Gasteiger partial charge in [-0.05, 0) is 30.3 Å². The molecule has 0 aliphatic rings. The molecule has 1 aromatic heterocycles. The van der Waals surface area contributed by atoms with Gasteiger partial charge in [0.15, 0.2) is 0 Å². The average Bonchev–Trinajstić information content (AvgIpc) is 2.40. The van der Waals surface area contributed by atoms with Crippen LogP contribution in [0.2, 0.25) is 5.02 Å². The molecule has 0 bridgehead atoms. The van der Waals surface area contributed by atoms with Crippen LogP contribution in [0.25, 0.3) is 0 Å². The second-order valence-corrected chi connectivity index (χ2v) is 4.09. The summed E-state index contributed by atoms with van der Waals surface area (Å²) in [7, 11) is 0. The van der Waals surface area contributed by atoms with Crippen molar-refractivity contribution >= 4 is 23.2 Å². The van der Waals surface area contributed by atoms with Crippen LogP contribution >= 0.6 is 11.6 Å². The second-order valence-electron chi connectivity index (χ2n) is 3.65. The number of pyridine rings is 1. The summed E-state index contributed by atoms with van der Waals surface area (Å²) in [6.45, 7) is -0.154. The van der Waals surface area contributed by atoms with Crippen LogP contribution in [0.5, 0.6) is 0 Å². The van der Waals surface area contributed by atoms with Crippen molar-refractivity contribution in [3.8, 4) is 0 Å². The quantitative estimate of drug-likeness (QED) is 0.893. The first-order chi connectivity index (χ1) is 8.70. The summed E-state index contributed by atoms with van der Waals surface area (Å²) < 4.78 is 0. The van der Waals surface area contributed by atoms with Crippen molar-refractivity contribution < 1.29 is 9.90 Å². The zero-order valence-corrected chi connectivity index (χ0v) is 10.2. The minimum Gasteiger partial charge on any atom is -0.392 e. The minimum atomic E-state index is -0.269. The van der Waals surface area contributed by atoms with Gasteiger partial charge in [0.1, 0.15) is 0 Å². The van der Waals surface area contributed by atoms with E-state index < -0.39 is 0 Å². The number of aromatic nitrogens is 1. The monoisotopic (exact) mass is 262 g/mol. The number of amides is 1. The predicted molar refractivity (Wildman–Crippen MR) is 69.6 cm³/mol. The van der Waals surface area contributed by atoms with Crippen molar-refractivity contribution in [3.63, 3.8) is 0 Å². The number of rotatable bonds is 3. The number of aliphatic hydroxyl groups is 1. The lowest BCUT2D eigenvalue weighted by molar-refractivity contribution is 0.102. The molecule has 1 heterocycles. The molecule has 0 saturated heterocycles. The molecule has 0 atom stereocenters. The van der Waals surface area contributed by atoms with Gasteiger partial charge in [-0.2, -0.15) is 0 Å². The Hall–Kier alpha value is -1.91. The molecule has 4 nitrogen and oxygen atoms in total. The fourth-order valence-corrected chi connectivity index (χ4v) is 1.60. The van der Waals surface area contributed by atoms with Crippen LogP contribution in [-0.4, -0.2) is 16.0 Å². The van der Waals surface area contributed by atoms with Crippen LogP contribution in [0.1, 0.15) is 15.9 Å². The highest BCUT2D eigenvalue weighted by molar-refractivity contribution is 6.30. The maximum atomic E-state index is 11.9. The van der Waals surface area contributed by atoms with Gasteiger partial charge in [-0.15, -0.1) is 0 Å². The van der Waals surface area contributed by atoms with Crippen molar-refractivity contribution in [2.24, 2.45) is 0 Å². The molecule has 0 radical (unpaired) electrons. The summed E-state index contributed by atoms with van der Waals surface area (Å²) in [5.41, 5.74) is 1.61. The number of aliphatic hydroxyl groups excluding tert-OH is 1. The lowest BCUT2D eigenvalue weighted by Gasteiger charge is -2.08. The molecule has 0 aliphatic heterocycles. The third-order valence-corrected chi connectivity index (χ3v) is 2.69. The van der Waals surface area contributed by atoms with Crippen LogP contribution in [0.4, 0.5) is 5.69 Å². The molecule has 0 aliphatic carbocycles. The minimum absolute atomic E-state index is 0.154. The van der Waals surface area contributed by atoms with E-state index in [4.69, 9.17) is 16.7 Å².